The molecular weight excluding hydrogens is 436 g/mol. The number of carboxylic acid groups (broad SMARTS) is 1. The second kappa shape index (κ2) is 12.7. The number of hydrogen-bond acceptors (Lipinski definition) is 5. The molecule has 182 valence electrons. The summed E-state index contributed by atoms with van der Waals surface area (Å²) in [6, 6.07) is 15.3. The van der Waals surface area contributed by atoms with Crippen molar-refractivity contribution >= 4 is 18.0 Å². The lowest BCUT2D eigenvalue weighted by Gasteiger charge is -2.19. The average molecular weight is 469 g/mol. The van der Waals surface area contributed by atoms with Crippen LogP contribution in [0.5, 0.6) is 0 Å². The molecule has 0 bridgehead atoms. The predicted molar refractivity (Wildman–Crippen MR) is 128 cm³/mol. The van der Waals surface area contributed by atoms with Crippen LogP contribution in [0.3, 0.4) is 0 Å². The first kappa shape index (κ1) is 25.2. The van der Waals surface area contributed by atoms with Gasteiger partial charge in [0.05, 0.1) is 6.61 Å². The van der Waals surface area contributed by atoms with Gasteiger partial charge in [0.25, 0.3) is 0 Å². The van der Waals surface area contributed by atoms with Crippen molar-refractivity contribution in [3.05, 3.63) is 59.7 Å². The van der Waals surface area contributed by atoms with Gasteiger partial charge in [0.1, 0.15) is 12.6 Å². The summed E-state index contributed by atoms with van der Waals surface area (Å²) in [6.45, 7) is 0.630. The van der Waals surface area contributed by atoms with Crippen molar-refractivity contribution < 1.29 is 29.0 Å². The van der Waals surface area contributed by atoms with E-state index < -0.39 is 18.1 Å². The van der Waals surface area contributed by atoms with E-state index in [2.05, 4.69) is 22.8 Å². The van der Waals surface area contributed by atoms with Crippen LogP contribution in [0.2, 0.25) is 0 Å². The van der Waals surface area contributed by atoms with Gasteiger partial charge in [-0.15, -0.1) is 0 Å². The molecule has 3 rings (SSSR count). The molecule has 1 atom stereocenters. The largest absolute Gasteiger partial charge is 0.481 e. The molecule has 0 spiro atoms. The molecule has 0 aliphatic heterocycles. The Bertz CT molecular complexity index is 947. The number of benzene rings is 2. The summed E-state index contributed by atoms with van der Waals surface area (Å²) in [5.74, 6) is -1.20. The van der Waals surface area contributed by atoms with E-state index in [0.717, 1.165) is 41.5 Å². The van der Waals surface area contributed by atoms with Crippen molar-refractivity contribution in [2.24, 2.45) is 0 Å². The quantitative estimate of drug-likeness (QED) is 0.386. The summed E-state index contributed by atoms with van der Waals surface area (Å²) >= 11 is 0. The number of ether oxygens (including phenoxy) is 2. The lowest BCUT2D eigenvalue weighted by molar-refractivity contribution is -0.137. The Labute approximate surface area is 199 Å². The van der Waals surface area contributed by atoms with Crippen molar-refractivity contribution in [2.45, 2.75) is 44.1 Å². The van der Waals surface area contributed by atoms with E-state index in [9.17, 15) is 14.4 Å². The number of rotatable bonds is 13. The van der Waals surface area contributed by atoms with Gasteiger partial charge < -0.3 is 25.2 Å². The molecule has 0 heterocycles. The monoisotopic (exact) mass is 468 g/mol. The van der Waals surface area contributed by atoms with Crippen LogP contribution in [0.25, 0.3) is 11.1 Å². The molecule has 2 aromatic carbocycles. The maximum Gasteiger partial charge on any atom is 0.407 e. The number of nitrogens with one attached hydrogen (secondary N) is 2. The van der Waals surface area contributed by atoms with Crippen molar-refractivity contribution in [1.29, 1.82) is 0 Å². The molecule has 8 heteroatoms. The Morgan fingerprint density at radius 3 is 2.18 bits per heavy atom. The van der Waals surface area contributed by atoms with Crippen molar-refractivity contribution in [2.75, 3.05) is 26.9 Å². The van der Waals surface area contributed by atoms with Gasteiger partial charge in [0, 0.05) is 26.0 Å². The fraction of sp³-hybridized carbons (Fsp3) is 0.423. The molecule has 1 aliphatic carbocycles. The predicted octanol–water partition coefficient (Wildman–Crippen LogP) is 3.69. The number of methoxy groups -OCH3 is 1. The zero-order chi connectivity index (χ0) is 24.3. The second-order valence-corrected chi connectivity index (χ2v) is 8.33. The molecule has 8 nitrogen and oxygen atoms in total. The second-order valence-electron chi connectivity index (χ2n) is 8.33. The van der Waals surface area contributed by atoms with E-state index in [1.165, 1.54) is 7.11 Å². The summed E-state index contributed by atoms with van der Waals surface area (Å²) < 4.78 is 10.6. The fourth-order valence-electron chi connectivity index (χ4n) is 4.22. The van der Waals surface area contributed by atoms with Crippen LogP contribution >= 0.6 is 0 Å². The standard InChI is InChI=1S/C26H32N2O6/c1-33-17-23(25(31)27-15-9-3-2-4-14-24(29)30)28-26(32)34-16-22-20-12-7-5-10-18(20)19-11-6-8-13-21(19)22/h5-8,10-13,22-23H,2-4,9,14-17H2,1H3,(H,27,31)(H,28,32)(H,29,30). The van der Waals surface area contributed by atoms with Crippen LogP contribution in [0, 0.1) is 0 Å². The topological polar surface area (TPSA) is 114 Å². The number of unbranched alkanes of at least 4 members (excludes halogenated alkanes) is 3. The Balaban J connectivity index is 1.47. The van der Waals surface area contributed by atoms with Gasteiger partial charge in [-0.1, -0.05) is 61.4 Å². The van der Waals surface area contributed by atoms with Crippen LogP contribution < -0.4 is 10.6 Å². The third-order valence-electron chi connectivity index (χ3n) is 5.90. The van der Waals surface area contributed by atoms with E-state index >= 15 is 0 Å². The van der Waals surface area contributed by atoms with Gasteiger partial charge in [-0.3, -0.25) is 9.59 Å². The Hall–Kier alpha value is -3.39. The lowest BCUT2D eigenvalue weighted by Crippen LogP contribution is -2.49. The smallest absolute Gasteiger partial charge is 0.407 e. The summed E-state index contributed by atoms with van der Waals surface area (Å²) in [5.41, 5.74) is 4.52. The minimum Gasteiger partial charge on any atom is -0.481 e. The minimum absolute atomic E-state index is 0.0225. The lowest BCUT2D eigenvalue weighted by atomic mass is 9.98. The fourth-order valence-corrected chi connectivity index (χ4v) is 4.22. The molecule has 3 N–H and O–H groups in total. The molecule has 2 aromatic rings. The number of alkyl carbamates (subject to hydrolysis) is 1. The molecule has 2 amide bonds. The Kier molecular flexibility index (Phi) is 9.46. The highest BCUT2D eigenvalue weighted by Crippen LogP contribution is 2.44. The van der Waals surface area contributed by atoms with E-state index in [4.69, 9.17) is 14.6 Å². The number of fused-ring (bicyclic) bond motifs is 3. The third kappa shape index (κ3) is 6.81. The summed E-state index contributed by atoms with van der Waals surface area (Å²) in [7, 11) is 1.46. The van der Waals surface area contributed by atoms with Crippen LogP contribution in [-0.4, -0.2) is 56.0 Å². The van der Waals surface area contributed by atoms with Crippen LogP contribution in [0.15, 0.2) is 48.5 Å². The van der Waals surface area contributed by atoms with Gasteiger partial charge in [-0.2, -0.15) is 0 Å². The van der Waals surface area contributed by atoms with Gasteiger partial charge in [0.15, 0.2) is 0 Å². The minimum atomic E-state index is -0.868. The molecule has 34 heavy (non-hydrogen) atoms. The molecule has 0 saturated carbocycles. The highest BCUT2D eigenvalue weighted by Gasteiger charge is 2.29. The summed E-state index contributed by atoms with van der Waals surface area (Å²) in [5, 5.41) is 14.0. The highest BCUT2D eigenvalue weighted by molar-refractivity contribution is 5.86. The Morgan fingerprint density at radius 2 is 1.56 bits per heavy atom. The first-order chi connectivity index (χ1) is 16.5. The average Bonchev–Trinajstić information content (AvgIpc) is 3.15. The van der Waals surface area contributed by atoms with Crippen molar-refractivity contribution in [3.63, 3.8) is 0 Å². The molecular formula is C26H32N2O6. The first-order valence-corrected chi connectivity index (χ1v) is 11.6. The number of amides is 2. The normalized spacial score (nSPS) is 13.0. The SMILES string of the molecule is COCC(NC(=O)OCC1c2ccccc2-c2ccccc21)C(=O)NCCCCCCC(=O)O. The zero-order valence-electron chi connectivity index (χ0n) is 19.4. The highest BCUT2D eigenvalue weighted by atomic mass is 16.5. The zero-order valence-corrected chi connectivity index (χ0v) is 19.4. The molecule has 0 radical (unpaired) electrons. The molecule has 0 fully saturated rings. The van der Waals surface area contributed by atoms with E-state index in [1.807, 2.05) is 36.4 Å². The van der Waals surface area contributed by atoms with Crippen molar-refractivity contribution in [3.8, 4) is 11.1 Å². The molecule has 1 unspecified atom stereocenters. The van der Waals surface area contributed by atoms with Crippen molar-refractivity contribution in [1.82, 2.24) is 10.6 Å². The molecule has 0 saturated heterocycles. The maximum absolute atomic E-state index is 12.5. The number of hydrogen-bond donors (Lipinski definition) is 3. The first-order valence-electron chi connectivity index (χ1n) is 11.6. The third-order valence-corrected chi connectivity index (χ3v) is 5.90. The van der Waals surface area contributed by atoms with Gasteiger partial charge in [-0.05, 0) is 35.1 Å². The van der Waals surface area contributed by atoms with Gasteiger partial charge in [-0.25, -0.2) is 4.79 Å². The van der Waals surface area contributed by atoms with E-state index in [0.29, 0.717) is 13.0 Å². The number of aliphatic carboxylic acids is 1. The molecule has 0 aromatic heterocycles. The summed E-state index contributed by atoms with van der Waals surface area (Å²) in [6.07, 6.45) is 2.46. The van der Waals surface area contributed by atoms with Crippen LogP contribution in [-0.2, 0) is 19.1 Å². The van der Waals surface area contributed by atoms with Crippen LogP contribution in [0.1, 0.15) is 49.1 Å². The van der Waals surface area contributed by atoms with Crippen LogP contribution in [0.4, 0.5) is 4.79 Å². The maximum atomic E-state index is 12.5. The number of carboxylic acids is 1. The number of carbonyl (C=O) groups excluding carboxylic acids is 2. The van der Waals surface area contributed by atoms with Gasteiger partial charge >= 0.3 is 12.1 Å². The molecule has 1 aliphatic rings. The number of carbonyl (C=O) groups is 3. The van der Waals surface area contributed by atoms with Gasteiger partial charge in [0.2, 0.25) is 5.91 Å². The summed E-state index contributed by atoms with van der Waals surface area (Å²) in [4.78, 5) is 35.5. The van der Waals surface area contributed by atoms with E-state index in [-0.39, 0.29) is 31.5 Å². The Morgan fingerprint density at radius 1 is 0.941 bits per heavy atom. The van der Waals surface area contributed by atoms with E-state index in [1.54, 1.807) is 0 Å².